The van der Waals surface area contributed by atoms with Crippen molar-refractivity contribution in [1.29, 1.82) is 0 Å². The fourth-order valence-electron chi connectivity index (χ4n) is 1.98. The third-order valence-electron chi connectivity index (χ3n) is 3.08. The smallest absolute Gasteiger partial charge is 0.339 e. The molecule has 0 saturated carbocycles. The van der Waals surface area contributed by atoms with Gasteiger partial charge in [0.15, 0.2) is 0 Å². The lowest BCUT2D eigenvalue weighted by Gasteiger charge is -2.22. The molecule has 1 heterocycles. The average molecular weight is 286 g/mol. The van der Waals surface area contributed by atoms with Crippen LogP contribution in [0.15, 0.2) is 30.5 Å². The summed E-state index contributed by atoms with van der Waals surface area (Å²) in [5, 5.41) is 8.98. The lowest BCUT2D eigenvalue weighted by atomic mass is 9.86. The highest BCUT2D eigenvalue weighted by Gasteiger charge is 2.19. The molecule has 0 atom stereocenters. The molecular formula is C16H18N2O3. The van der Waals surface area contributed by atoms with E-state index >= 15 is 0 Å². The molecule has 0 amide bonds. The van der Waals surface area contributed by atoms with Gasteiger partial charge in [-0.05, 0) is 18.4 Å². The largest absolute Gasteiger partial charge is 0.478 e. The van der Waals surface area contributed by atoms with E-state index in [0.717, 1.165) is 5.56 Å². The van der Waals surface area contributed by atoms with Crippen LogP contribution in [0.5, 0.6) is 11.8 Å². The summed E-state index contributed by atoms with van der Waals surface area (Å²) >= 11 is 0. The van der Waals surface area contributed by atoms with Crippen molar-refractivity contribution in [2.45, 2.75) is 33.1 Å². The molecule has 1 aromatic carbocycles. The van der Waals surface area contributed by atoms with Crippen molar-refractivity contribution < 1.29 is 14.6 Å². The van der Waals surface area contributed by atoms with Crippen molar-refractivity contribution in [1.82, 2.24) is 9.97 Å². The first-order valence-electron chi connectivity index (χ1n) is 6.63. The van der Waals surface area contributed by atoms with Gasteiger partial charge >= 0.3 is 12.0 Å². The Kier molecular flexibility index (Phi) is 3.93. The van der Waals surface area contributed by atoms with E-state index in [4.69, 9.17) is 9.84 Å². The summed E-state index contributed by atoms with van der Waals surface area (Å²) in [6.07, 6.45) is 1.26. The molecule has 2 rings (SSSR count). The zero-order valence-electron chi connectivity index (χ0n) is 12.5. The second-order valence-corrected chi connectivity index (χ2v) is 5.81. The van der Waals surface area contributed by atoms with Crippen LogP contribution in [-0.2, 0) is 5.41 Å². The number of benzene rings is 1. The Morgan fingerprint density at radius 3 is 2.48 bits per heavy atom. The van der Waals surface area contributed by atoms with Crippen LogP contribution in [0.4, 0.5) is 0 Å². The zero-order chi connectivity index (χ0) is 15.6. The second kappa shape index (κ2) is 5.52. The molecule has 0 radical (unpaired) electrons. The van der Waals surface area contributed by atoms with Crippen molar-refractivity contribution in [2.24, 2.45) is 0 Å². The third kappa shape index (κ3) is 3.37. The van der Waals surface area contributed by atoms with Gasteiger partial charge in [-0.1, -0.05) is 39.0 Å². The van der Waals surface area contributed by atoms with Gasteiger partial charge in [0.25, 0.3) is 0 Å². The van der Waals surface area contributed by atoms with Crippen LogP contribution in [-0.4, -0.2) is 21.0 Å². The van der Waals surface area contributed by atoms with E-state index in [1.54, 1.807) is 6.92 Å². The highest BCUT2D eigenvalue weighted by atomic mass is 16.5. The molecule has 0 unspecified atom stereocenters. The number of ether oxygens (including phenoxy) is 1. The van der Waals surface area contributed by atoms with Gasteiger partial charge in [0.05, 0.1) is 11.3 Å². The Hall–Kier alpha value is -2.43. The maximum absolute atomic E-state index is 11.0. The van der Waals surface area contributed by atoms with Crippen LogP contribution in [0.2, 0.25) is 0 Å². The van der Waals surface area contributed by atoms with Gasteiger partial charge in [-0.15, -0.1) is 0 Å². The van der Waals surface area contributed by atoms with Gasteiger partial charge in [-0.3, -0.25) is 0 Å². The minimum absolute atomic E-state index is 0.0754. The maximum atomic E-state index is 11.0. The number of aryl methyl sites for hydroxylation is 1. The summed E-state index contributed by atoms with van der Waals surface area (Å²) in [6.45, 7) is 7.89. The molecule has 0 fully saturated rings. The van der Waals surface area contributed by atoms with Crippen molar-refractivity contribution in [3.63, 3.8) is 0 Å². The van der Waals surface area contributed by atoms with Crippen molar-refractivity contribution in [2.75, 3.05) is 0 Å². The fraction of sp³-hybridized carbons (Fsp3) is 0.312. The predicted octanol–water partition coefficient (Wildman–Crippen LogP) is 3.57. The summed E-state index contributed by atoms with van der Waals surface area (Å²) in [7, 11) is 0. The number of rotatable bonds is 3. The molecule has 5 nitrogen and oxygen atoms in total. The van der Waals surface area contributed by atoms with E-state index in [2.05, 4.69) is 30.7 Å². The van der Waals surface area contributed by atoms with E-state index in [9.17, 15) is 4.79 Å². The Morgan fingerprint density at radius 2 is 1.90 bits per heavy atom. The number of hydrogen-bond acceptors (Lipinski definition) is 4. The molecule has 2 aromatic rings. The van der Waals surface area contributed by atoms with Crippen LogP contribution in [0.25, 0.3) is 0 Å². The second-order valence-electron chi connectivity index (χ2n) is 5.81. The first kappa shape index (κ1) is 15.0. The van der Waals surface area contributed by atoms with E-state index in [0.29, 0.717) is 11.4 Å². The fourth-order valence-corrected chi connectivity index (χ4v) is 1.98. The lowest BCUT2D eigenvalue weighted by molar-refractivity contribution is 0.0695. The van der Waals surface area contributed by atoms with Crippen LogP contribution in [0.1, 0.15) is 42.4 Å². The van der Waals surface area contributed by atoms with E-state index in [1.165, 1.54) is 6.20 Å². The summed E-state index contributed by atoms with van der Waals surface area (Å²) in [5.41, 5.74) is 1.41. The monoisotopic (exact) mass is 286 g/mol. The topological polar surface area (TPSA) is 72.3 Å². The molecule has 110 valence electrons. The minimum Gasteiger partial charge on any atom is -0.478 e. The normalized spacial score (nSPS) is 11.2. The molecule has 21 heavy (non-hydrogen) atoms. The molecule has 5 heteroatoms. The number of carboxylic acids is 1. The highest BCUT2D eigenvalue weighted by Crippen LogP contribution is 2.32. The molecule has 0 aliphatic carbocycles. The van der Waals surface area contributed by atoms with Crippen LogP contribution >= 0.6 is 0 Å². The zero-order valence-corrected chi connectivity index (χ0v) is 12.5. The number of hydrogen-bond donors (Lipinski definition) is 1. The van der Waals surface area contributed by atoms with Gasteiger partial charge < -0.3 is 9.84 Å². The van der Waals surface area contributed by atoms with Crippen molar-refractivity contribution >= 4 is 5.97 Å². The first-order valence-corrected chi connectivity index (χ1v) is 6.63. The molecule has 1 aromatic heterocycles. The summed E-state index contributed by atoms with van der Waals surface area (Å²) in [6, 6.07) is 7.82. The number of aromatic carboxylic acids is 1. The van der Waals surface area contributed by atoms with Crippen LogP contribution < -0.4 is 4.74 Å². The summed E-state index contributed by atoms with van der Waals surface area (Å²) in [4.78, 5) is 19.0. The predicted molar refractivity (Wildman–Crippen MR) is 78.9 cm³/mol. The maximum Gasteiger partial charge on any atom is 0.339 e. The standard InChI is InChI=1S/C16H18N2O3/c1-10-11(14(19)20)9-17-15(18-10)21-13-8-6-5-7-12(13)16(2,3)4/h5-9H,1-4H3,(H,19,20). The molecule has 0 spiro atoms. The summed E-state index contributed by atoms with van der Waals surface area (Å²) < 4.78 is 5.74. The van der Waals surface area contributed by atoms with Gasteiger partial charge in [0.2, 0.25) is 0 Å². The van der Waals surface area contributed by atoms with E-state index < -0.39 is 5.97 Å². The Balaban J connectivity index is 2.35. The Labute approximate surface area is 123 Å². The molecule has 0 aliphatic heterocycles. The number of para-hydroxylation sites is 1. The van der Waals surface area contributed by atoms with Gasteiger partial charge in [-0.25, -0.2) is 9.78 Å². The van der Waals surface area contributed by atoms with Crippen LogP contribution in [0.3, 0.4) is 0 Å². The SMILES string of the molecule is Cc1nc(Oc2ccccc2C(C)(C)C)ncc1C(=O)O. The van der Waals surface area contributed by atoms with Gasteiger partial charge in [-0.2, -0.15) is 4.98 Å². The van der Waals surface area contributed by atoms with Gasteiger partial charge in [0, 0.05) is 11.8 Å². The number of carbonyl (C=O) groups is 1. The molecule has 1 N–H and O–H groups in total. The van der Waals surface area contributed by atoms with Gasteiger partial charge in [0.1, 0.15) is 5.75 Å². The van der Waals surface area contributed by atoms with Crippen molar-refractivity contribution in [3.05, 3.63) is 47.3 Å². The Morgan fingerprint density at radius 1 is 1.24 bits per heavy atom. The first-order chi connectivity index (χ1) is 9.79. The summed E-state index contributed by atoms with van der Waals surface area (Å²) in [5.74, 6) is -0.374. The van der Waals surface area contributed by atoms with E-state index in [-0.39, 0.29) is 17.0 Å². The Bertz CT molecular complexity index is 675. The van der Waals surface area contributed by atoms with E-state index in [1.807, 2.05) is 24.3 Å². The van der Waals surface area contributed by atoms with Crippen LogP contribution in [0, 0.1) is 6.92 Å². The number of carboxylic acid groups (broad SMARTS) is 1. The quantitative estimate of drug-likeness (QED) is 0.933. The number of nitrogens with zero attached hydrogens (tertiary/aromatic N) is 2. The molecule has 0 aliphatic rings. The average Bonchev–Trinajstić information content (AvgIpc) is 2.37. The number of aromatic nitrogens is 2. The van der Waals surface area contributed by atoms with Crippen molar-refractivity contribution in [3.8, 4) is 11.8 Å². The third-order valence-corrected chi connectivity index (χ3v) is 3.08. The molecule has 0 saturated heterocycles. The minimum atomic E-state index is -1.05. The molecular weight excluding hydrogens is 268 g/mol. The lowest BCUT2D eigenvalue weighted by Crippen LogP contribution is -2.13. The highest BCUT2D eigenvalue weighted by molar-refractivity contribution is 5.88. The molecule has 0 bridgehead atoms.